The fourth-order valence-corrected chi connectivity index (χ4v) is 3.60. The van der Waals surface area contributed by atoms with Crippen LogP contribution < -0.4 is 10.6 Å². The first-order chi connectivity index (χ1) is 10.7. The van der Waals surface area contributed by atoms with Crippen molar-refractivity contribution >= 4 is 23.4 Å². The Hall–Kier alpha value is -1.86. The van der Waals surface area contributed by atoms with Crippen LogP contribution in [-0.2, 0) is 18.4 Å². The Morgan fingerprint density at radius 1 is 1.32 bits per heavy atom. The van der Waals surface area contributed by atoms with E-state index in [1.165, 1.54) is 0 Å². The highest BCUT2D eigenvalue weighted by Crippen LogP contribution is 2.29. The van der Waals surface area contributed by atoms with Crippen LogP contribution in [0.25, 0.3) is 0 Å². The average Bonchev–Trinajstić information content (AvgIpc) is 3.09. The van der Waals surface area contributed by atoms with Crippen LogP contribution in [-0.4, -0.2) is 33.0 Å². The summed E-state index contributed by atoms with van der Waals surface area (Å²) in [5, 5.41) is 9.04. The molecule has 2 aromatic rings. The molecule has 2 N–H and O–H groups in total. The first-order valence-corrected chi connectivity index (χ1v) is 8.24. The SMILES string of the molecule is Cn1c(CN)nnc1SCC1CC(=O)N(c2ccccc2)C1. The van der Waals surface area contributed by atoms with Gasteiger partial charge in [0.25, 0.3) is 0 Å². The number of benzene rings is 1. The summed E-state index contributed by atoms with van der Waals surface area (Å²) in [6.07, 6.45) is 0.587. The number of amides is 1. The van der Waals surface area contributed by atoms with Gasteiger partial charge >= 0.3 is 0 Å². The van der Waals surface area contributed by atoms with Crippen molar-refractivity contribution in [1.29, 1.82) is 0 Å². The molecule has 0 bridgehead atoms. The van der Waals surface area contributed by atoms with Gasteiger partial charge in [0.1, 0.15) is 5.82 Å². The zero-order chi connectivity index (χ0) is 15.5. The lowest BCUT2D eigenvalue weighted by Gasteiger charge is -2.16. The van der Waals surface area contributed by atoms with E-state index in [9.17, 15) is 4.79 Å². The van der Waals surface area contributed by atoms with Gasteiger partial charge in [-0.05, 0) is 18.1 Å². The third kappa shape index (κ3) is 3.00. The van der Waals surface area contributed by atoms with E-state index < -0.39 is 0 Å². The molecule has 7 heteroatoms. The topological polar surface area (TPSA) is 77.0 Å². The van der Waals surface area contributed by atoms with Gasteiger partial charge in [-0.3, -0.25) is 4.79 Å². The molecule has 0 saturated carbocycles. The van der Waals surface area contributed by atoms with Crippen molar-refractivity contribution in [2.45, 2.75) is 18.1 Å². The molecule has 1 unspecified atom stereocenters. The van der Waals surface area contributed by atoms with E-state index in [0.717, 1.165) is 29.0 Å². The first-order valence-electron chi connectivity index (χ1n) is 7.25. The third-order valence-electron chi connectivity index (χ3n) is 3.83. The summed E-state index contributed by atoms with van der Waals surface area (Å²) < 4.78 is 1.91. The van der Waals surface area contributed by atoms with Gasteiger partial charge in [-0.1, -0.05) is 30.0 Å². The van der Waals surface area contributed by atoms with Crippen LogP contribution in [0.5, 0.6) is 0 Å². The lowest BCUT2D eigenvalue weighted by Crippen LogP contribution is -2.24. The number of nitrogens with zero attached hydrogens (tertiary/aromatic N) is 4. The lowest BCUT2D eigenvalue weighted by molar-refractivity contribution is -0.117. The highest BCUT2D eigenvalue weighted by atomic mass is 32.2. The second-order valence-corrected chi connectivity index (χ2v) is 6.37. The molecule has 2 heterocycles. The van der Waals surface area contributed by atoms with E-state index in [-0.39, 0.29) is 5.91 Å². The molecule has 1 atom stereocenters. The number of carbonyl (C=O) groups is 1. The van der Waals surface area contributed by atoms with Gasteiger partial charge in [-0.15, -0.1) is 10.2 Å². The second-order valence-electron chi connectivity index (χ2n) is 5.38. The van der Waals surface area contributed by atoms with Crippen molar-refractivity contribution in [3.63, 3.8) is 0 Å². The van der Waals surface area contributed by atoms with Crippen molar-refractivity contribution < 1.29 is 4.79 Å². The van der Waals surface area contributed by atoms with Crippen molar-refractivity contribution in [2.75, 3.05) is 17.2 Å². The van der Waals surface area contributed by atoms with E-state index in [1.807, 2.05) is 46.8 Å². The van der Waals surface area contributed by atoms with Gasteiger partial charge in [-0.25, -0.2) is 0 Å². The molecule has 1 aromatic heterocycles. The van der Waals surface area contributed by atoms with E-state index in [2.05, 4.69) is 10.2 Å². The molecule has 22 heavy (non-hydrogen) atoms. The first kappa shape index (κ1) is 15.1. The third-order valence-corrected chi connectivity index (χ3v) is 5.08. The van der Waals surface area contributed by atoms with Crippen LogP contribution in [0.1, 0.15) is 12.2 Å². The summed E-state index contributed by atoms with van der Waals surface area (Å²) in [5.74, 6) is 2.15. The molecule has 1 aliphatic heterocycles. The number of nitrogens with two attached hydrogens (primary N) is 1. The largest absolute Gasteiger partial charge is 0.324 e. The molecule has 1 saturated heterocycles. The summed E-state index contributed by atoms with van der Waals surface area (Å²) in [6.45, 7) is 1.14. The molecule has 6 nitrogen and oxygen atoms in total. The Labute approximate surface area is 133 Å². The number of hydrogen-bond acceptors (Lipinski definition) is 5. The van der Waals surface area contributed by atoms with Crippen LogP contribution in [0, 0.1) is 5.92 Å². The predicted molar refractivity (Wildman–Crippen MR) is 86.5 cm³/mol. The zero-order valence-corrected chi connectivity index (χ0v) is 13.3. The maximum atomic E-state index is 12.2. The van der Waals surface area contributed by atoms with Gasteiger partial charge in [0.2, 0.25) is 5.91 Å². The van der Waals surface area contributed by atoms with Crippen molar-refractivity contribution in [2.24, 2.45) is 18.7 Å². The van der Waals surface area contributed by atoms with E-state index >= 15 is 0 Å². The molecule has 0 spiro atoms. The molecular formula is C15H19N5OS. The maximum absolute atomic E-state index is 12.2. The normalized spacial score (nSPS) is 18.2. The minimum Gasteiger partial charge on any atom is -0.324 e. The Morgan fingerprint density at radius 2 is 2.09 bits per heavy atom. The van der Waals surface area contributed by atoms with Crippen LogP contribution in [0.2, 0.25) is 0 Å². The van der Waals surface area contributed by atoms with Crippen molar-refractivity contribution in [3.05, 3.63) is 36.2 Å². The fraction of sp³-hybridized carbons (Fsp3) is 0.400. The minimum atomic E-state index is 0.192. The van der Waals surface area contributed by atoms with Crippen LogP contribution in [0.15, 0.2) is 35.5 Å². The number of rotatable bonds is 5. The van der Waals surface area contributed by atoms with Gasteiger partial charge in [0.05, 0.1) is 6.54 Å². The number of anilines is 1. The lowest BCUT2D eigenvalue weighted by atomic mass is 10.1. The summed E-state index contributed by atoms with van der Waals surface area (Å²) >= 11 is 1.63. The molecule has 1 amide bonds. The molecule has 1 aliphatic rings. The van der Waals surface area contributed by atoms with Crippen LogP contribution >= 0.6 is 11.8 Å². The summed E-state index contributed by atoms with van der Waals surface area (Å²) in [5.41, 5.74) is 6.58. The van der Waals surface area contributed by atoms with Crippen LogP contribution in [0.4, 0.5) is 5.69 Å². The van der Waals surface area contributed by atoms with Crippen molar-refractivity contribution in [1.82, 2.24) is 14.8 Å². The highest BCUT2D eigenvalue weighted by molar-refractivity contribution is 7.99. The summed E-state index contributed by atoms with van der Waals surface area (Å²) in [7, 11) is 1.92. The van der Waals surface area contributed by atoms with Gasteiger partial charge in [0.15, 0.2) is 5.16 Å². The Bertz CT molecular complexity index is 657. The molecule has 1 aromatic carbocycles. The molecule has 116 valence electrons. The van der Waals surface area contributed by atoms with Gasteiger partial charge in [0, 0.05) is 31.5 Å². The molecular weight excluding hydrogens is 298 g/mol. The van der Waals surface area contributed by atoms with Crippen LogP contribution in [0.3, 0.4) is 0 Å². The van der Waals surface area contributed by atoms with E-state index in [1.54, 1.807) is 11.8 Å². The second kappa shape index (κ2) is 6.50. The molecule has 1 fully saturated rings. The number of hydrogen-bond donors (Lipinski definition) is 1. The highest BCUT2D eigenvalue weighted by Gasteiger charge is 2.30. The summed E-state index contributed by atoms with van der Waals surface area (Å²) in [6, 6.07) is 9.82. The number of carbonyl (C=O) groups excluding carboxylic acids is 1. The predicted octanol–water partition coefficient (Wildman–Crippen LogP) is 1.42. The van der Waals surface area contributed by atoms with Gasteiger partial charge < -0.3 is 15.2 Å². The summed E-state index contributed by atoms with van der Waals surface area (Å²) in [4.78, 5) is 14.0. The van der Waals surface area contributed by atoms with Gasteiger partial charge in [-0.2, -0.15) is 0 Å². The van der Waals surface area contributed by atoms with Crippen molar-refractivity contribution in [3.8, 4) is 0 Å². The Kier molecular flexibility index (Phi) is 4.44. The smallest absolute Gasteiger partial charge is 0.227 e. The zero-order valence-electron chi connectivity index (χ0n) is 12.5. The molecule has 3 rings (SSSR count). The average molecular weight is 317 g/mol. The Morgan fingerprint density at radius 3 is 2.77 bits per heavy atom. The monoisotopic (exact) mass is 317 g/mol. The number of aromatic nitrogens is 3. The fourth-order valence-electron chi connectivity index (χ4n) is 2.59. The molecule has 0 radical (unpaired) electrons. The standard InChI is InChI=1S/C15H19N5OS/c1-19-13(8-16)17-18-15(19)22-10-11-7-14(21)20(9-11)12-5-3-2-4-6-12/h2-6,11H,7-10,16H2,1H3. The Balaban J connectivity index is 1.61. The van der Waals surface area contributed by atoms with E-state index in [0.29, 0.717) is 18.9 Å². The maximum Gasteiger partial charge on any atom is 0.227 e. The minimum absolute atomic E-state index is 0.192. The number of para-hydroxylation sites is 1. The number of thioether (sulfide) groups is 1. The quantitative estimate of drug-likeness (QED) is 0.844. The van der Waals surface area contributed by atoms with E-state index in [4.69, 9.17) is 5.73 Å². The molecule has 0 aliphatic carbocycles.